The molecule has 0 aliphatic carbocycles. The van der Waals surface area contributed by atoms with Gasteiger partial charge in [0.25, 0.3) is 5.78 Å². The van der Waals surface area contributed by atoms with E-state index in [1.165, 1.54) is 19.1 Å². The van der Waals surface area contributed by atoms with Crippen LogP contribution < -0.4 is 14.4 Å². The van der Waals surface area contributed by atoms with Gasteiger partial charge in [-0.25, -0.2) is 4.98 Å². The van der Waals surface area contributed by atoms with Crippen molar-refractivity contribution in [2.24, 2.45) is 0 Å². The second-order valence-electron chi connectivity index (χ2n) is 8.33. The van der Waals surface area contributed by atoms with Crippen molar-refractivity contribution in [2.45, 2.75) is 13.0 Å². The van der Waals surface area contributed by atoms with Gasteiger partial charge in [-0.3, -0.25) is 14.5 Å². The van der Waals surface area contributed by atoms with Crippen molar-refractivity contribution in [3.05, 3.63) is 87.4 Å². The van der Waals surface area contributed by atoms with Gasteiger partial charge in [0.1, 0.15) is 5.76 Å². The Morgan fingerprint density at radius 3 is 2.47 bits per heavy atom. The molecule has 0 bridgehead atoms. The van der Waals surface area contributed by atoms with Crippen molar-refractivity contribution >= 4 is 50.4 Å². The Bertz CT molecular complexity index is 1530. The van der Waals surface area contributed by atoms with E-state index in [1.54, 1.807) is 36.4 Å². The third-order valence-corrected chi connectivity index (χ3v) is 7.09. The summed E-state index contributed by atoms with van der Waals surface area (Å²) in [5.41, 5.74) is 3.14. The van der Waals surface area contributed by atoms with Crippen LogP contribution in [0.4, 0.5) is 5.95 Å². The van der Waals surface area contributed by atoms with Crippen LogP contribution >= 0.6 is 15.9 Å². The van der Waals surface area contributed by atoms with Gasteiger partial charge in [0.2, 0.25) is 5.95 Å². The maximum absolute atomic E-state index is 13.4. The molecule has 182 valence electrons. The summed E-state index contributed by atoms with van der Waals surface area (Å²) in [5, 5.41) is 11.4. The van der Waals surface area contributed by atoms with E-state index >= 15 is 0 Å². The Kier molecular flexibility index (Phi) is 6.01. The zero-order chi connectivity index (χ0) is 25.6. The number of rotatable bonds is 5. The lowest BCUT2D eigenvalue weighted by molar-refractivity contribution is -0.132. The van der Waals surface area contributed by atoms with Gasteiger partial charge in [0.05, 0.1) is 36.9 Å². The monoisotopic (exact) mass is 547 g/mol. The summed E-state index contributed by atoms with van der Waals surface area (Å²) in [5.74, 6) is -0.779. The summed E-state index contributed by atoms with van der Waals surface area (Å²) in [6.45, 7) is 1.87. The zero-order valence-electron chi connectivity index (χ0n) is 19.7. The van der Waals surface area contributed by atoms with Crippen LogP contribution in [0, 0.1) is 6.92 Å². The normalized spacial score (nSPS) is 17.1. The fourth-order valence-corrected chi connectivity index (χ4v) is 4.64. The smallest absolute Gasteiger partial charge is 0.302 e. The number of nitrogens with zero attached hydrogens (tertiary/aromatic N) is 2. The number of carbonyl (C=O) groups is 2. The Morgan fingerprint density at radius 2 is 1.78 bits per heavy atom. The van der Waals surface area contributed by atoms with E-state index in [0.717, 1.165) is 10.0 Å². The first-order valence-electron chi connectivity index (χ1n) is 11.1. The van der Waals surface area contributed by atoms with Gasteiger partial charge < -0.3 is 19.6 Å². The minimum Gasteiger partial charge on any atom is -0.507 e. The molecule has 0 saturated carbocycles. The number of aromatic amines is 1. The van der Waals surface area contributed by atoms with Crippen LogP contribution in [0.5, 0.6) is 11.5 Å². The zero-order valence-corrected chi connectivity index (χ0v) is 21.3. The number of H-pyrrole nitrogens is 1. The summed E-state index contributed by atoms with van der Waals surface area (Å²) in [6, 6.07) is 16.7. The van der Waals surface area contributed by atoms with Gasteiger partial charge in [-0.05, 0) is 54.4 Å². The average Bonchev–Trinajstić information content (AvgIpc) is 3.43. The number of fused-ring (bicyclic) bond motifs is 1. The highest BCUT2D eigenvalue weighted by Gasteiger charge is 2.48. The number of anilines is 1. The number of amides is 1. The predicted molar refractivity (Wildman–Crippen MR) is 139 cm³/mol. The molecule has 0 radical (unpaired) electrons. The summed E-state index contributed by atoms with van der Waals surface area (Å²) in [6.07, 6.45) is 0. The second-order valence-corrected chi connectivity index (χ2v) is 9.18. The van der Waals surface area contributed by atoms with E-state index in [9.17, 15) is 14.7 Å². The van der Waals surface area contributed by atoms with E-state index in [-0.39, 0.29) is 17.3 Å². The molecule has 2 heterocycles. The van der Waals surface area contributed by atoms with Gasteiger partial charge in [0.15, 0.2) is 11.5 Å². The van der Waals surface area contributed by atoms with Crippen molar-refractivity contribution in [3.63, 3.8) is 0 Å². The number of hydrogen-bond donors (Lipinski definition) is 2. The topological polar surface area (TPSA) is 105 Å². The molecule has 9 heteroatoms. The lowest BCUT2D eigenvalue weighted by Crippen LogP contribution is -2.30. The number of para-hydroxylation sites is 2. The van der Waals surface area contributed by atoms with Crippen LogP contribution in [-0.4, -0.2) is 41.0 Å². The molecule has 4 aromatic rings. The molecule has 3 aromatic carbocycles. The van der Waals surface area contributed by atoms with Crippen LogP contribution in [-0.2, 0) is 9.59 Å². The average molecular weight is 548 g/mol. The minimum absolute atomic E-state index is 0.0469. The van der Waals surface area contributed by atoms with Gasteiger partial charge in [0, 0.05) is 10.0 Å². The number of ether oxygens (including phenoxy) is 2. The predicted octanol–water partition coefficient (Wildman–Crippen LogP) is 5.28. The molecule has 0 spiro atoms. The third-order valence-electron chi connectivity index (χ3n) is 6.20. The first-order chi connectivity index (χ1) is 17.3. The second kappa shape index (κ2) is 9.16. The van der Waals surface area contributed by atoms with E-state index < -0.39 is 17.7 Å². The number of ketones is 1. The molecule has 1 aliphatic heterocycles. The number of aliphatic hydroxyl groups is 1. The molecule has 8 nitrogen and oxygen atoms in total. The number of imidazole rings is 1. The lowest BCUT2D eigenvalue weighted by Gasteiger charge is -2.24. The standard InChI is InChI=1S/C27H22BrN3O5/c1-14-12-16(8-10-17(14)28)24(32)22-23(15-9-11-20(35-2)21(13-15)36-3)31(26(34)25(22)33)27-29-18-6-4-5-7-19(18)30-27/h4-13,23,32H,1-3H3,(H,29,30)/b24-22+. The summed E-state index contributed by atoms with van der Waals surface area (Å²) in [4.78, 5) is 35.8. The minimum atomic E-state index is -0.964. The molecule has 2 N–H and O–H groups in total. The van der Waals surface area contributed by atoms with Crippen LogP contribution in [0.1, 0.15) is 22.7 Å². The Hall–Kier alpha value is -4.11. The number of aliphatic hydroxyl groups excluding tert-OH is 1. The number of aryl methyl sites for hydroxylation is 1. The number of Topliss-reactive ketones (excluding diaryl/α,β-unsaturated/α-hetero) is 1. The first-order valence-corrected chi connectivity index (χ1v) is 11.9. The summed E-state index contributed by atoms with van der Waals surface area (Å²) in [7, 11) is 3.02. The quantitative estimate of drug-likeness (QED) is 0.200. The molecule has 1 aromatic heterocycles. The molecule has 5 rings (SSSR count). The van der Waals surface area contributed by atoms with Crippen molar-refractivity contribution in [1.29, 1.82) is 0 Å². The number of hydrogen-bond acceptors (Lipinski definition) is 6. The Morgan fingerprint density at radius 1 is 1.03 bits per heavy atom. The van der Waals surface area contributed by atoms with E-state index in [0.29, 0.717) is 33.7 Å². The van der Waals surface area contributed by atoms with Gasteiger partial charge in [-0.2, -0.15) is 0 Å². The number of methoxy groups -OCH3 is 2. The Labute approximate surface area is 215 Å². The fraction of sp³-hybridized carbons (Fsp3) is 0.148. The van der Waals surface area contributed by atoms with E-state index in [1.807, 2.05) is 31.2 Å². The fourth-order valence-electron chi connectivity index (χ4n) is 4.39. The highest BCUT2D eigenvalue weighted by atomic mass is 79.9. The number of halogens is 1. The number of nitrogens with one attached hydrogen (secondary N) is 1. The largest absolute Gasteiger partial charge is 0.507 e. The highest BCUT2D eigenvalue weighted by Crippen LogP contribution is 2.44. The molecule has 1 atom stereocenters. The first kappa shape index (κ1) is 23.6. The van der Waals surface area contributed by atoms with Crippen LogP contribution in [0.3, 0.4) is 0 Å². The highest BCUT2D eigenvalue weighted by molar-refractivity contribution is 9.10. The van der Waals surface area contributed by atoms with Crippen molar-refractivity contribution < 1.29 is 24.2 Å². The molecule has 1 unspecified atom stereocenters. The number of aromatic nitrogens is 2. The van der Waals surface area contributed by atoms with Crippen molar-refractivity contribution in [3.8, 4) is 11.5 Å². The van der Waals surface area contributed by atoms with Gasteiger partial charge >= 0.3 is 5.91 Å². The maximum atomic E-state index is 13.4. The number of benzene rings is 3. The van der Waals surface area contributed by atoms with Crippen LogP contribution in [0.15, 0.2) is 70.7 Å². The molecule has 1 fully saturated rings. The molecule has 36 heavy (non-hydrogen) atoms. The third kappa shape index (κ3) is 3.81. The van der Waals surface area contributed by atoms with Gasteiger partial charge in [-0.1, -0.05) is 40.2 Å². The van der Waals surface area contributed by atoms with Crippen LogP contribution in [0.2, 0.25) is 0 Å². The molecule has 1 saturated heterocycles. The summed E-state index contributed by atoms with van der Waals surface area (Å²) >= 11 is 3.45. The molecular formula is C27H22BrN3O5. The van der Waals surface area contributed by atoms with Crippen molar-refractivity contribution in [1.82, 2.24) is 9.97 Å². The maximum Gasteiger partial charge on any atom is 0.302 e. The molecule has 1 amide bonds. The number of carbonyl (C=O) groups excluding carboxylic acids is 2. The molecular weight excluding hydrogens is 526 g/mol. The van der Waals surface area contributed by atoms with Crippen molar-refractivity contribution in [2.75, 3.05) is 19.1 Å². The molecule has 1 aliphatic rings. The Balaban J connectivity index is 1.76. The van der Waals surface area contributed by atoms with E-state index in [2.05, 4.69) is 25.9 Å². The van der Waals surface area contributed by atoms with Crippen LogP contribution in [0.25, 0.3) is 16.8 Å². The lowest BCUT2D eigenvalue weighted by atomic mass is 9.94. The van der Waals surface area contributed by atoms with Gasteiger partial charge in [-0.15, -0.1) is 0 Å². The van der Waals surface area contributed by atoms with E-state index in [4.69, 9.17) is 9.47 Å². The SMILES string of the molecule is COc1ccc(C2/C(=C(\O)c3ccc(Br)c(C)c3)C(=O)C(=O)N2c2nc3ccccc3[nH]2)cc1OC. The summed E-state index contributed by atoms with van der Waals surface area (Å²) < 4.78 is 11.7.